The molecule has 0 spiro atoms. The second kappa shape index (κ2) is 6.79. The van der Waals surface area contributed by atoms with Gasteiger partial charge in [0.2, 0.25) is 5.91 Å². The average Bonchev–Trinajstić information content (AvgIpc) is 2.25. The number of aliphatic hydroxyl groups is 1. The summed E-state index contributed by atoms with van der Waals surface area (Å²) in [6.07, 6.45) is 2.19. The Morgan fingerprint density at radius 2 is 1.93 bits per heavy atom. The molecular weight excluding hydrogens is 180 g/mol. The number of aliphatic hydroxyl groups excluding tert-OH is 1. The summed E-state index contributed by atoms with van der Waals surface area (Å²) in [6.45, 7) is 4.80. The smallest absolute Gasteiger partial charge is 0.221 e. The van der Waals surface area contributed by atoms with Crippen LogP contribution in [0.2, 0.25) is 0 Å². The first-order valence-corrected chi connectivity index (χ1v) is 5.20. The van der Waals surface area contributed by atoms with Crippen LogP contribution in [0, 0.1) is 0 Å². The van der Waals surface area contributed by atoms with E-state index in [9.17, 15) is 9.90 Å². The Morgan fingerprint density at radius 1 is 1.36 bits per heavy atom. The van der Waals surface area contributed by atoms with E-state index in [0.717, 1.165) is 12.8 Å². The van der Waals surface area contributed by atoms with Crippen molar-refractivity contribution in [3.63, 3.8) is 0 Å². The summed E-state index contributed by atoms with van der Waals surface area (Å²) >= 11 is 0. The lowest BCUT2D eigenvalue weighted by Gasteiger charge is -2.30. The molecule has 0 aromatic heterocycles. The van der Waals surface area contributed by atoms with Crippen LogP contribution >= 0.6 is 0 Å². The number of hydrogen-bond donors (Lipinski definition) is 3. The van der Waals surface area contributed by atoms with Crippen LogP contribution in [0.4, 0.5) is 0 Å². The lowest BCUT2D eigenvalue weighted by atomic mass is 9.94. The molecular formula is C10H22N2O2. The predicted molar refractivity (Wildman–Crippen MR) is 57.1 cm³/mol. The van der Waals surface area contributed by atoms with Gasteiger partial charge in [0.1, 0.15) is 0 Å². The lowest BCUT2D eigenvalue weighted by molar-refractivity contribution is -0.120. The van der Waals surface area contributed by atoms with Gasteiger partial charge in [-0.1, -0.05) is 13.8 Å². The van der Waals surface area contributed by atoms with E-state index in [2.05, 4.69) is 10.6 Å². The Balaban J connectivity index is 3.88. The summed E-state index contributed by atoms with van der Waals surface area (Å²) < 4.78 is 0. The van der Waals surface area contributed by atoms with E-state index >= 15 is 0 Å². The second-order valence-electron chi connectivity index (χ2n) is 3.50. The van der Waals surface area contributed by atoms with Crippen molar-refractivity contribution in [3.05, 3.63) is 0 Å². The molecule has 0 atom stereocenters. The lowest BCUT2D eigenvalue weighted by Crippen LogP contribution is -2.48. The molecule has 0 unspecified atom stereocenters. The summed E-state index contributed by atoms with van der Waals surface area (Å²) in [6, 6.07) is 0. The Kier molecular flexibility index (Phi) is 6.49. The summed E-state index contributed by atoms with van der Waals surface area (Å²) in [7, 11) is 1.63. The summed E-state index contributed by atoms with van der Waals surface area (Å²) in [5, 5.41) is 15.0. The number of rotatable bonds is 7. The monoisotopic (exact) mass is 202 g/mol. The zero-order valence-corrected chi connectivity index (χ0v) is 9.39. The van der Waals surface area contributed by atoms with Gasteiger partial charge >= 0.3 is 0 Å². The molecule has 4 nitrogen and oxygen atoms in total. The van der Waals surface area contributed by atoms with Gasteiger partial charge in [0.25, 0.3) is 0 Å². The number of carbonyl (C=O) groups is 1. The first-order chi connectivity index (χ1) is 6.64. The summed E-state index contributed by atoms with van der Waals surface area (Å²) in [4.78, 5) is 10.9. The van der Waals surface area contributed by atoms with Gasteiger partial charge < -0.3 is 15.7 Å². The molecule has 0 saturated heterocycles. The maximum Gasteiger partial charge on any atom is 0.221 e. The minimum absolute atomic E-state index is 0.0246. The SMILES string of the molecule is CCC(CC)(CO)NCCC(=O)NC. The highest BCUT2D eigenvalue weighted by Crippen LogP contribution is 2.13. The molecule has 0 aromatic carbocycles. The number of amides is 1. The van der Waals surface area contributed by atoms with E-state index in [-0.39, 0.29) is 18.1 Å². The van der Waals surface area contributed by atoms with E-state index in [1.54, 1.807) is 7.05 Å². The van der Waals surface area contributed by atoms with E-state index in [4.69, 9.17) is 0 Å². The first kappa shape index (κ1) is 13.4. The maximum absolute atomic E-state index is 10.9. The Morgan fingerprint density at radius 3 is 2.29 bits per heavy atom. The molecule has 0 fully saturated rings. The zero-order valence-electron chi connectivity index (χ0n) is 9.39. The van der Waals surface area contributed by atoms with Gasteiger partial charge in [-0.3, -0.25) is 4.79 Å². The fraction of sp³-hybridized carbons (Fsp3) is 0.900. The maximum atomic E-state index is 10.9. The molecule has 3 N–H and O–H groups in total. The van der Waals surface area contributed by atoms with Crippen LogP contribution in [0.5, 0.6) is 0 Å². The van der Waals surface area contributed by atoms with Crippen LogP contribution in [0.3, 0.4) is 0 Å². The summed E-state index contributed by atoms with van der Waals surface area (Å²) in [5.41, 5.74) is -0.214. The molecule has 0 bridgehead atoms. The first-order valence-electron chi connectivity index (χ1n) is 5.20. The minimum Gasteiger partial charge on any atom is -0.394 e. The van der Waals surface area contributed by atoms with Crippen molar-refractivity contribution < 1.29 is 9.90 Å². The van der Waals surface area contributed by atoms with E-state index in [0.29, 0.717) is 13.0 Å². The molecule has 0 heterocycles. The highest BCUT2D eigenvalue weighted by molar-refractivity contribution is 5.75. The largest absolute Gasteiger partial charge is 0.394 e. The average molecular weight is 202 g/mol. The van der Waals surface area contributed by atoms with Crippen LogP contribution in [0.1, 0.15) is 33.1 Å². The number of nitrogens with one attached hydrogen (secondary N) is 2. The number of hydrogen-bond acceptors (Lipinski definition) is 3. The molecule has 0 aromatic rings. The van der Waals surface area contributed by atoms with Crippen LogP contribution in [-0.4, -0.2) is 36.8 Å². The molecule has 0 aliphatic heterocycles. The molecule has 4 heteroatoms. The van der Waals surface area contributed by atoms with E-state index < -0.39 is 0 Å². The van der Waals surface area contributed by atoms with Crippen LogP contribution in [0.15, 0.2) is 0 Å². The second-order valence-corrected chi connectivity index (χ2v) is 3.50. The third kappa shape index (κ3) is 4.07. The van der Waals surface area contributed by atoms with Gasteiger partial charge in [-0.2, -0.15) is 0 Å². The minimum atomic E-state index is -0.214. The van der Waals surface area contributed by atoms with Gasteiger partial charge in [0.15, 0.2) is 0 Å². The van der Waals surface area contributed by atoms with Gasteiger partial charge in [-0.05, 0) is 12.8 Å². The van der Waals surface area contributed by atoms with Gasteiger partial charge in [-0.25, -0.2) is 0 Å². The van der Waals surface area contributed by atoms with Crippen molar-refractivity contribution in [1.29, 1.82) is 0 Å². The normalized spacial score (nSPS) is 11.4. The van der Waals surface area contributed by atoms with Crippen LogP contribution in [-0.2, 0) is 4.79 Å². The molecule has 0 radical (unpaired) electrons. The van der Waals surface area contributed by atoms with Crippen molar-refractivity contribution in [2.45, 2.75) is 38.6 Å². The van der Waals surface area contributed by atoms with Gasteiger partial charge in [-0.15, -0.1) is 0 Å². The molecule has 14 heavy (non-hydrogen) atoms. The van der Waals surface area contributed by atoms with E-state index in [1.807, 2.05) is 13.8 Å². The van der Waals surface area contributed by atoms with Gasteiger partial charge in [0, 0.05) is 25.6 Å². The van der Waals surface area contributed by atoms with Crippen molar-refractivity contribution in [2.24, 2.45) is 0 Å². The Hall–Kier alpha value is -0.610. The third-order valence-corrected chi connectivity index (χ3v) is 2.79. The zero-order chi connectivity index (χ0) is 11.0. The third-order valence-electron chi connectivity index (χ3n) is 2.79. The summed E-state index contributed by atoms with van der Waals surface area (Å²) in [5.74, 6) is 0.0246. The highest BCUT2D eigenvalue weighted by Gasteiger charge is 2.23. The van der Waals surface area contributed by atoms with Gasteiger partial charge in [0.05, 0.1) is 6.61 Å². The molecule has 0 saturated carbocycles. The molecule has 84 valence electrons. The quantitative estimate of drug-likeness (QED) is 0.555. The molecule has 1 amide bonds. The van der Waals surface area contributed by atoms with Crippen LogP contribution in [0.25, 0.3) is 0 Å². The van der Waals surface area contributed by atoms with Crippen molar-refractivity contribution in [3.8, 4) is 0 Å². The molecule has 0 rings (SSSR count). The topological polar surface area (TPSA) is 61.4 Å². The van der Waals surface area contributed by atoms with E-state index in [1.165, 1.54) is 0 Å². The molecule has 0 aliphatic carbocycles. The Labute approximate surface area is 86.1 Å². The fourth-order valence-electron chi connectivity index (χ4n) is 1.35. The van der Waals surface area contributed by atoms with Crippen molar-refractivity contribution >= 4 is 5.91 Å². The van der Waals surface area contributed by atoms with Crippen molar-refractivity contribution in [1.82, 2.24) is 10.6 Å². The fourth-order valence-corrected chi connectivity index (χ4v) is 1.35. The predicted octanol–water partition coefficient (Wildman–Crippen LogP) is 0.263. The van der Waals surface area contributed by atoms with Crippen molar-refractivity contribution in [2.75, 3.05) is 20.2 Å². The molecule has 0 aliphatic rings. The standard InChI is InChI=1S/C10H22N2O2/c1-4-10(5-2,8-13)12-7-6-9(14)11-3/h12-13H,4-8H2,1-3H3,(H,11,14). The Bertz CT molecular complexity index is 159. The highest BCUT2D eigenvalue weighted by atomic mass is 16.3. The van der Waals surface area contributed by atoms with Crippen LogP contribution < -0.4 is 10.6 Å². The number of carbonyl (C=O) groups excluding carboxylic acids is 1.